The van der Waals surface area contributed by atoms with Crippen LogP contribution in [0, 0.1) is 22.7 Å². The molecule has 0 aromatic rings. The summed E-state index contributed by atoms with van der Waals surface area (Å²) in [5, 5.41) is 17.7. The largest absolute Gasteiger partial charge is 0.345 e. The van der Waals surface area contributed by atoms with Crippen molar-refractivity contribution in [2.45, 2.75) is 92.4 Å². The molecule has 0 fully saturated rings. The lowest BCUT2D eigenvalue weighted by Gasteiger charge is -2.37. The van der Waals surface area contributed by atoms with Crippen LogP contribution in [0.25, 0.3) is 0 Å². The fourth-order valence-corrected chi connectivity index (χ4v) is 7.38. The van der Waals surface area contributed by atoms with Crippen molar-refractivity contribution in [2.24, 2.45) is 0 Å². The van der Waals surface area contributed by atoms with Gasteiger partial charge in [0.15, 0.2) is 0 Å². The minimum absolute atomic E-state index is 0.0632. The van der Waals surface area contributed by atoms with E-state index in [9.17, 15) is 4.89 Å². The molecule has 174 valence electrons. The number of rotatable bonds is 16. The number of hydrogen-bond donors (Lipinski definition) is 1. The van der Waals surface area contributed by atoms with Crippen LogP contribution in [0.2, 0.25) is 0 Å². The molecule has 0 aliphatic carbocycles. The second-order valence-corrected chi connectivity index (χ2v) is 11.7. The van der Waals surface area contributed by atoms with Gasteiger partial charge in [-0.3, -0.25) is 0 Å². The predicted octanol–water partition coefficient (Wildman–Crippen LogP) is 5.79. The van der Waals surface area contributed by atoms with Crippen LogP contribution in [0.1, 0.15) is 68.2 Å². The quantitative estimate of drug-likeness (QED) is 0.216. The van der Waals surface area contributed by atoms with Gasteiger partial charge in [-0.05, 0) is 55.4 Å². The Morgan fingerprint density at radius 2 is 1.17 bits per heavy atom. The molecule has 0 amide bonds. The van der Waals surface area contributed by atoms with Gasteiger partial charge in [-0.15, -0.1) is 0 Å². The molecule has 9 nitrogen and oxygen atoms in total. The van der Waals surface area contributed by atoms with E-state index in [1.54, 1.807) is 0 Å². The number of hydrogen-bond acceptors (Lipinski definition) is 9. The summed E-state index contributed by atoms with van der Waals surface area (Å²) in [4.78, 5) is 10.7. The Morgan fingerprint density at radius 1 is 0.733 bits per heavy atom. The van der Waals surface area contributed by atoms with Crippen LogP contribution >= 0.6 is 25.7 Å². The third kappa shape index (κ3) is 11.6. The summed E-state index contributed by atoms with van der Waals surface area (Å²) in [6.45, 7) is 16.4. The van der Waals surface area contributed by atoms with E-state index in [4.69, 9.17) is 28.2 Å². The first-order valence-electron chi connectivity index (χ1n) is 10.1. The molecule has 3 unspecified atom stereocenters. The summed E-state index contributed by atoms with van der Waals surface area (Å²) in [7, 11) is -5.53. The van der Waals surface area contributed by atoms with Gasteiger partial charge < -0.3 is 13.9 Å². The van der Waals surface area contributed by atoms with Crippen molar-refractivity contribution < 1.29 is 22.6 Å². The van der Waals surface area contributed by atoms with Crippen LogP contribution < -0.4 is 0 Å². The second-order valence-electron chi connectivity index (χ2n) is 7.50. The average molecular weight is 482 g/mol. The van der Waals surface area contributed by atoms with Gasteiger partial charge in [-0.2, -0.15) is 10.5 Å². The van der Waals surface area contributed by atoms with Crippen molar-refractivity contribution in [1.82, 2.24) is 9.34 Å². The first kappa shape index (κ1) is 30.0. The summed E-state index contributed by atoms with van der Waals surface area (Å²) >= 11 is 0. The van der Waals surface area contributed by atoms with Gasteiger partial charge >= 0.3 is 8.60 Å². The topological polar surface area (TPSA) is 111 Å². The fourth-order valence-electron chi connectivity index (χ4n) is 2.65. The van der Waals surface area contributed by atoms with Crippen molar-refractivity contribution in [1.29, 1.82) is 10.5 Å². The van der Waals surface area contributed by atoms with Crippen LogP contribution in [-0.2, 0) is 17.7 Å². The maximum absolute atomic E-state index is 10.7. The van der Waals surface area contributed by atoms with E-state index in [0.717, 1.165) is 0 Å². The molecule has 0 bridgehead atoms. The van der Waals surface area contributed by atoms with Crippen molar-refractivity contribution in [3.05, 3.63) is 0 Å². The molecule has 30 heavy (non-hydrogen) atoms. The lowest BCUT2D eigenvalue weighted by atomic mass is 10.3. The van der Waals surface area contributed by atoms with E-state index >= 15 is 0 Å². The highest BCUT2D eigenvalue weighted by Crippen LogP contribution is 2.63. The smallest absolute Gasteiger partial charge is 0.337 e. The molecule has 0 saturated carbocycles. The van der Waals surface area contributed by atoms with Gasteiger partial charge in [0.2, 0.25) is 0 Å². The molecule has 0 aliphatic heterocycles. The molecule has 0 aromatic carbocycles. The van der Waals surface area contributed by atoms with Crippen molar-refractivity contribution in [3.63, 3.8) is 0 Å². The molecule has 0 aliphatic rings. The Hall–Kier alpha value is -0.0100. The third-order valence-electron chi connectivity index (χ3n) is 3.60. The predicted molar refractivity (Wildman–Crippen MR) is 122 cm³/mol. The maximum atomic E-state index is 10.7. The SMILES string of the molecule is CC(C)N(C(C)C)P(O)OP(OCCC#N)OP(OCCC#N)N(C(C)C)C(C)C. The van der Waals surface area contributed by atoms with Crippen LogP contribution in [0.3, 0.4) is 0 Å². The van der Waals surface area contributed by atoms with E-state index in [2.05, 4.69) is 10.7 Å². The molecule has 0 aromatic heterocycles. The Morgan fingerprint density at radius 3 is 1.57 bits per heavy atom. The van der Waals surface area contributed by atoms with Gasteiger partial charge in [-0.1, -0.05) is 0 Å². The van der Waals surface area contributed by atoms with Crippen LogP contribution in [0.4, 0.5) is 0 Å². The number of nitriles is 2. The van der Waals surface area contributed by atoms with Crippen molar-refractivity contribution >= 4 is 25.7 Å². The average Bonchev–Trinajstić information content (AvgIpc) is 2.60. The van der Waals surface area contributed by atoms with E-state index < -0.39 is 25.7 Å². The molecule has 0 rings (SSSR count). The van der Waals surface area contributed by atoms with Crippen LogP contribution in [0.15, 0.2) is 0 Å². The van der Waals surface area contributed by atoms with E-state index in [-0.39, 0.29) is 50.2 Å². The van der Waals surface area contributed by atoms with Crippen molar-refractivity contribution in [2.75, 3.05) is 13.2 Å². The lowest BCUT2D eigenvalue weighted by molar-refractivity contribution is 0.195. The van der Waals surface area contributed by atoms with Gasteiger partial charge in [0, 0.05) is 24.2 Å². The highest BCUT2D eigenvalue weighted by Gasteiger charge is 2.35. The third-order valence-corrected chi connectivity index (χ3v) is 9.23. The normalized spacial score (nSPS) is 15.2. The summed E-state index contributed by atoms with van der Waals surface area (Å²) < 4.78 is 27.4. The van der Waals surface area contributed by atoms with Gasteiger partial charge in [-0.25, -0.2) is 18.0 Å². The Bertz CT molecular complexity index is 527. The molecule has 3 atom stereocenters. The lowest BCUT2D eigenvalue weighted by Crippen LogP contribution is -2.33. The summed E-state index contributed by atoms with van der Waals surface area (Å²) in [5.74, 6) is 0. The van der Waals surface area contributed by atoms with Gasteiger partial charge in [0.05, 0.1) is 38.2 Å². The molecule has 0 spiro atoms. The van der Waals surface area contributed by atoms with E-state index in [0.29, 0.717) is 0 Å². The van der Waals surface area contributed by atoms with Gasteiger partial charge in [0.1, 0.15) is 0 Å². The van der Waals surface area contributed by atoms with Crippen LogP contribution in [-0.4, -0.2) is 51.6 Å². The van der Waals surface area contributed by atoms with E-state index in [1.807, 2.05) is 66.1 Å². The Kier molecular flexibility index (Phi) is 16.6. The Labute approximate surface area is 186 Å². The second kappa shape index (κ2) is 16.6. The summed E-state index contributed by atoms with van der Waals surface area (Å²) in [5.41, 5.74) is 0. The minimum Gasteiger partial charge on any atom is -0.337 e. The van der Waals surface area contributed by atoms with E-state index in [1.165, 1.54) is 0 Å². The number of nitrogens with zero attached hydrogens (tertiary/aromatic N) is 4. The molecule has 12 heteroatoms. The molecule has 0 saturated heterocycles. The summed E-state index contributed by atoms with van der Waals surface area (Å²) in [6, 6.07) is 4.45. The standard InChI is InChI=1S/C18H37N4O5P3/c1-15(2)21(16(3)4)28(23)26-30(25-14-10-12-20)27-29(24-13-9-11-19)22(17(5)6)18(7)8/h15-18,23H,9-10,13-14H2,1-8H3. The first-order valence-corrected chi connectivity index (χ1v) is 13.5. The fraction of sp³-hybridized carbons (Fsp3) is 0.889. The monoisotopic (exact) mass is 482 g/mol. The Balaban J connectivity index is 5.54. The zero-order valence-electron chi connectivity index (χ0n) is 19.3. The first-order chi connectivity index (χ1) is 14.1. The van der Waals surface area contributed by atoms with Gasteiger partial charge in [0.25, 0.3) is 17.1 Å². The molecule has 0 heterocycles. The summed E-state index contributed by atoms with van der Waals surface area (Å²) in [6.07, 6.45) is 0.416. The molecular weight excluding hydrogens is 445 g/mol. The molecule has 1 N–H and O–H groups in total. The molecular formula is C18H37N4O5P3. The maximum Gasteiger partial charge on any atom is 0.345 e. The zero-order chi connectivity index (χ0) is 23.3. The van der Waals surface area contributed by atoms with Crippen molar-refractivity contribution in [3.8, 4) is 12.1 Å². The zero-order valence-corrected chi connectivity index (χ0v) is 22.0. The highest BCUT2D eigenvalue weighted by atomic mass is 31.3. The van der Waals surface area contributed by atoms with Crippen LogP contribution in [0.5, 0.6) is 0 Å². The highest BCUT2D eigenvalue weighted by molar-refractivity contribution is 7.62. The molecule has 0 radical (unpaired) electrons. The minimum atomic E-state index is -1.97.